The van der Waals surface area contributed by atoms with Crippen LogP contribution in [0.2, 0.25) is 0 Å². The first-order valence-electron chi connectivity index (χ1n) is 6.90. The molecule has 3 heteroatoms. The van der Waals surface area contributed by atoms with Crippen LogP contribution in [0.25, 0.3) is 0 Å². The van der Waals surface area contributed by atoms with E-state index in [1.54, 1.807) is 0 Å². The van der Waals surface area contributed by atoms with Gasteiger partial charge in [0.05, 0.1) is 0 Å². The average Bonchev–Trinajstić information content (AvgIpc) is 3.02. The molecule has 1 saturated heterocycles. The van der Waals surface area contributed by atoms with Crippen LogP contribution in [0.15, 0.2) is 24.3 Å². The van der Waals surface area contributed by atoms with Crippen LogP contribution in [0.5, 0.6) is 5.75 Å². The lowest BCUT2D eigenvalue weighted by Crippen LogP contribution is -2.33. The Labute approximate surface area is 113 Å². The van der Waals surface area contributed by atoms with Crippen LogP contribution < -0.4 is 10.5 Å². The highest BCUT2D eigenvalue weighted by atomic mass is 32.2. The minimum absolute atomic E-state index is 0.107. The lowest BCUT2D eigenvalue weighted by atomic mass is 9.89. The maximum Gasteiger partial charge on any atom is 0.120 e. The van der Waals surface area contributed by atoms with E-state index in [0.717, 1.165) is 24.3 Å². The van der Waals surface area contributed by atoms with Gasteiger partial charge in [-0.2, -0.15) is 11.8 Å². The van der Waals surface area contributed by atoms with Gasteiger partial charge in [-0.1, -0.05) is 25.0 Å². The lowest BCUT2D eigenvalue weighted by molar-refractivity contribution is 0.228. The predicted octanol–water partition coefficient (Wildman–Crippen LogP) is 3.30. The van der Waals surface area contributed by atoms with Crippen molar-refractivity contribution in [3.63, 3.8) is 0 Å². The first kappa shape index (κ1) is 12.4. The fraction of sp³-hybridized carbons (Fsp3) is 0.600. The van der Waals surface area contributed by atoms with E-state index < -0.39 is 0 Å². The monoisotopic (exact) mass is 263 g/mol. The van der Waals surface area contributed by atoms with Gasteiger partial charge in [0.2, 0.25) is 0 Å². The first-order chi connectivity index (χ1) is 8.76. The lowest BCUT2D eigenvalue weighted by Gasteiger charge is -2.25. The van der Waals surface area contributed by atoms with Crippen LogP contribution in [-0.4, -0.2) is 17.6 Å². The van der Waals surface area contributed by atoms with Gasteiger partial charge in [0.25, 0.3) is 0 Å². The molecule has 1 aliphatic heterocycles. The van der Waals surface area contributed by atoms with Crippen molar-refractivity contribution in [3.8, 4) is 5.75 Å². The van der Waals surface area contributed by atoms with Gasteiger partial charge in [-0.3, -0.25) is 0 Å². The molecule has 2 nitrogen and oxygen atoms in total. The Morgan fingerprint density at radius 2 is 2.11 bits per heavy atom. The van der Waals surface area contributed by atoms with Crippen molar-refractivity contribution < 1.29 is 4.74 Å². The second-order valence-electron chi connectivity index (χ2n) is 5.49. The number of hydrogen-bond donors (Lipinski definition) is 1. The maximum absolute atomic E-state index is 6.50. The molecule has 0 amide bonds. The topological polar surface area (TPSA) is 35.2 Å². The van der Waals surface area contributed by atoms with Gasteiger partial charge in [-0.15, -0.1) is 0 Å². The quantitative estimate of drug-likeness (QED) is 0.909. The Balaban J connectivity index is 1.76. The van der Waals surface area contributed by atoms with E-state index in [-0.39, 0.29) is 5.54 Å². The average molecular weight is 263 g/mol. The van der Waals surface area contributed by atoms with Gasteiger partial charge in [0.15, 0.2) is 0 Å². The highest BCUT2D eigenvalue weighted by molar-refractivity contribution is 7.99. The van der Waals surface area contributed by atoms with Gasteiger partial charge in [0, 0.05) is 11.3 Å². The first-order valence-corrected chi connectivity index (χ1v) is 8.06. The van der Waals surface area contributed by atoms with E-state index in [1.165, 1.54) is 30.6 Å². The molecular formula is C15H21NOS. The normalized spacial score (nSPS) is 26.4. The fourth-order valence-electron chi connectivity index (χ4n) is 2.97. The third-order valence-electron chi connectivity index (χ3n) is 4.10. The molecule has 2 aliphatic rings. The van der Waals surface area contributed by atoms with Gasteiger partial charge < -0.3 is 10.5 Å². The van der Waals surface area contributed by atoms with Gasteiger partial charge in [-0.25, -0.2) is 0 Å². The molecule has 1 atom stereocenters. The third kappa shape index (κ3) is 2.52. The Bertz CT molecular complexity index is 409. The predicted molar refractivity (Wildman–Crippen MR) is 77.1 cm³/mol. The summed E-state index contributed by atoms with van der Waals surface area (Å²) in [5.74, 6) is 3.35. The summed E-state index contributed by atoms with van der Waals surface area (Å²) < 4.78 is 6.04. The van der Waals surface area contributed by atoms with E-state index >= 15 is 0 Å². The van der Waals surface area contributed by atoms with Crippen LogP contribution >= 0.6 is 11.8 Å². The molecule has 0 bridgehead atoms. The molecule has 1 aromatic carbocycles. The summed E-state index contributed by atoms with van der Waals surface area (Å²) in [6.07, 6.45) is 6.28. The van der Waals surface area contributed by atoms with Crippen molar-refractivity contribution in [2.75, 3.05) is 11.5 Å². The highest BCUT2D eigenvalue weighted by Gasteiger charge is 2.31. The van der Waals surface area contributed by atoms with Crippen molar-refractivity contribution in [3.05, 3.63) is 29.8 Å². The summed E-state index contributed by atoms with van der Waals surface area (Å²) in [6, 6.07) is 8.46. The number of benzene rings is 1. The Kier molecular flexibility index (Phi) is 3.53. The standard InChI is InChI=1S/C15H21NOS/c16-15(7-1-2-8-15)12-4-3-5-13(10-12)17-14-6-9-18-11-14/h3-5,10,14H,1-2,6-9,11,16H2. The zero-order valence-electron chi connectivity index (χ0n) is 10.7. The Morgan fingerprint density at radius 3 is 2.83 bits per heavy atom. The van der Waals surface area contributed by atoms with Gasteiger partial charge in [-0.05, 0) is 42.7 Å². The van der Waals surface area contributed by atoms with E-state index in [0.29, 0.717) is 6.10 Å². The summed E-state index contributed by atoms with van der Waals surface area (Å²) >= 11 is 1.98. The molecule has 1 aliphatic carbocycles. The number of thioether (sulfide) groups is 1. The van der Waals surface area contributed by atoms with Crippen molar-refractivity contribution >= 4 is 11.8 Å². The molecular weight excluding hydrogens is 242 g/mol. The Morgan fingerprint density at radius 1 is 1.28 bits per heavy atom. The smallest absolute Gasteiger partial charge is 0.120 e. The van der Waals surface area contributed by atoms with Crippen molar-refractivity contribution in [2.45, 2.75) is 43.7 Å². The van der Waals surface area contributed by atoms with Crippen molar-refractivity contribution in [1.82, 2.24) is 0 Å². The second kappa shape index (κ2) is 5.14. The van der Waals surface area contributed by atoms with Crippen LogP contribution in [0.4, 0.5) is 0 Å². The van der Waals surface area contributed by atoms with Crippen LogP contribution in [0, 0.1) is 0 Å². The highest BCUT2D eigenvalue weighted by Crippen LogP contribution is 2.37. The van der Waals surface area contributed by atoms with Crippen LogP contribution in [0.3, 0.4) is 0 Å². The van der Waals surface area contributed by atoms with E-state index in [4.69, 9.17) is 10.5 Å². The largest absolute Gasteiger partial charge is 0.490 e. The summed E-state index contributed by atoms with van der Waals surface area (Å²) in [6.45, 7) is 0. The second-order valence-corrected chi connectivity index (χ2v) is 6.64. The molecule has 0 aromatic heterocycles. The maximum atomic E-state index is 6.50. The molecule has 2 N–H and O–H groups in total. The summed E-state index contributed by atoms with van der Waals surface area (Å²) in [5, 5.41) is 0. The summed E-state index contributed by atoms with van der Waals surface area (Å²) in [7, 11) is 0. The van der Waals surface area contributed by atoms with Crippen molar-refractivity contribution in [2.24, 2.45) is 5.73 Å². The molecule has 2 fully saturated rings. The summed E-state index contributed by atoms with van der Waals surface area (Å²) in [4.78, 5) is 0. The fourth-order valence-corrected chi connectivity index (χ4v) is 4.07. The van der Waals surface area contributed by atoms with Gasteiger partial charge >= 0.3 is 0 Å². The van der Waals surface area contributed by atoms with E-state index in [9.17, 15) is 0 Å². The molecule has 0 radical (unpaired) electrons. The number of ether oxygens (including phenoxy) is 1. The van der Waals surface area contributed by atoms with E-state index in [2.05, 4.69) is 24.3 Å². The van der Waals surface area contributed by atoms with Crippen molar-refractivity contribution in [1.29, 1.82) is 0 Å². The molecule has 1 unspecified atom stereocenters. The SMILES string of the molecule is NC1(c2cccc(OC3CCSC3)c2)CCCC1. The summed E-state index contributed by atoms with van der Waals surface area (Å²) in [5.41, 5.74) is 7.64. The molecule has 1 heterocycles. The minimum atomic E-state index is -0.107. The third-order valence-corrected chi connectivity index (χ3v) is 5.23. The molecule has 1 aromatic rings. The molecule has 18 heavy (non-hydrogen) atoms. The van der Waals surface area contributed by atoms with Crippen LogP contribution in [0.1, 0.15) is 37.7 Å². The van der Waals surface area contributed by atoms with Crippen LogP contribution in [-0.2, 0) is 5.54 Å². The minimum Gasteiger partial charge on any atom is -0.490 e. The number of nitrogens with two attached hydrogens (primary N) is 1. The number of hydrogen-bond acceptors (Lipinski definition) is 3. The zero-order valence-corrected chi connectivity index (χ0v) is 11.5. The molecule has 0 spiro atoms. The molecule has 98 valence electrons. The zero-order chi connectivity index (χ0) is 12.4. The Hall–Kier alpha value is -0.670. The van der Waals surface area contributed by atoms with E-state index in [1.807, 2.05) is 11.8 Å². The molecule has 3 rings (SSSR count). The number of rotatable bonds is 3. The molecule has 1 saturated carbocycles. The van der Waals surface area contributed by atoms with Gasteiger partial charge in [0.1, 0.15) is 11.9 Å².